The molecule has 3 rings (SSSR count). The Morgan fingerprint density at radius 1 is 1.10 bits per heavy atom. The lowest BCUT2D eigenvalue weighted by molar-refractivity contribution is 0.863. The fourth-order valence-corrected chi connectivity index (χ4v) is 2.67. The van der Waals surface area contributed by atoms with Crippen LogP contribution in [0.5, 0.6) is 0 Å². The Morgan fingerprint density at radius 2 is 1.95 bits per heavy atom. The molecule has 2 nitrogen and oxygen atoms in total. The lowest BCUT2D eigenvalue weighted by atomic mass is 9.95. The first-order chi connectivity index (χ1) is 9.65. The van der Waals surface area contributed by atoms with Gasteiger partial charge >= 0.3 is 0 Å². The number of rotatable bonds is 2. The second-order valence-electron chi connectivity index (χ2n) is 4.93. The molecule has 0 aliphatic carbocycles. The maximum atomic E-state index is 6.39. The molecule has 3 heteroatoms. The quantitative estimate of drug-likeness (QED) is 0.763. The standard InChI is InChI=1S/C17H15ClN2/c1-11-9-14(18)6-7-15(11)17(19)13-5-4-12-3-2-8-20-16(12)10-13/h2-10,17H,19H2,1H3. The summed E-state index contributed by atoms with van der Waals surface area (Å²) in [4.78, 5) is 4.38. The normalized spacial score (nSPS) is 12.6. The Labute approximate surface area is 123 Å². The zero-order valence-corrected chi connectivity index (χ0v) is 11.9. The van der Waals surface area contributed by atoms with E-state index in [-0.39, 0.29) is 6.04 Å². The van der Waals surface area contributed by atoms with E-state index in [0.717, 1.165) is 32.6 Å². The van der Waals surface area contributed by atoms with Crippen LogP contribution in [0.2, 0.25) is 5.02 Å². The van der Waals surface area contributed by atoms with Gasteiger partial charge < -0.3 is 5.73 Å². The van der Waals surface area contributed by atoms with Crippen LogP contribution in [-0.2, 0) is 0 Å². The van der Waals surface area contributed by atoms with Crippen molar-refractivity contribution in [1.29, 1.82) is 0 Å². The van der Waals surface area contributed by atoms with Crippen molar-refractivity contribution in [2.75, 3.05) is 0 Å². The molecule has 100 valence electrons. The average molecular weight is 283 g/mol. The van der Waals surface area contributed by atoms with Gasteiger partial charge in [-0.05, 0) is 47.9 Å². The summed E-state index contributed by atoms with van der Waals surface area (Å²) in [6.07, 6.45) is 1.80. The first-order valence-corrected chi connectivity index (χ1v) is 6.89. The summed E-state index contributed by atoms with van der Waals surface area (Å²) in [6, 6.07) is 15.8. The van der Waals surface area contributed by atoms with Crippen LogP contribution in [-0.4, -0.2) is 4.98 Å². The van der Waals surface area contributed by atoms with Gasteiger partial charge in [0.1, 0.15) is 0 Å². The molecule has 1 heterocycles. The van der Waals surface area contributed by atoms with Crippen LogP contribution in [0.15, 0.2) is 54.7 Å². The van der Waals surface area contributed by atoms with Crippen LogP contribution in [0.3, 0.4) is 0 Å². The molecule has 0 saturated heterocycles. The fraction of sp³-hybridized carbons (Fsp3) is 0.118. The van der Waals surface area contributed by atoms with E-state index in [1.54, 1.807) is 6.20 Å². The molecule has 3 aromatic rings. The lowest BCUT2D eigenvalue weighted by Gasteiger charge is -2.16. The molecule has 20 heavy (non-hydrogen) atoms. The van der Waals surface area contributed by atoms with Gasteiger partial charge in [0.05, 0.1) is 11.6 Å². The summed E-state index contributed by atoms with van der Waals surface area (Å²) >= 11 is 5.99. The van der Waals surface area contributed by atoms with Crippen molar-refractivity contribution < 1.29 is 0 Å². The summed E-state index contributed by atoms with van der Waals surface area (Å²) in [5, 5.41) is 1.86. The summed E-state index contributed by atoms with van der Waals surface area (Å²) in [5.74, 6) is 0. The third-order valence-corrected chi connectivity index (χ3v) is 3.79. The molecule has 0 bridgehead atoms. The summed E-state index contributed by atoms with van der Waals surface area (Å²) in [7, 11) is 0. The van der Waals surface area contributed by atoms with Gasteiger partial charge in [0.25, 0.3) is 0 Å². The molecular formula is C17H15ClN2. The Morgan fingerprint density at radius 3 is 2.75 bits per heavy atom. The minimum Gasteiger partial charge on any atom is -0.320 e. The zero-order chi connectivity index (χ0) is 14.1. The predicted octanol–water partition coefficient (Wildman–Crippen LogP) is 4.24. The first kappa shape index (κ1) is 13.1. The van der Waals surface area contributed by atoms with E-state index in [9.17, 15) is 0 Å². The molecule has 0 radical (unpaired) electrons. The first-order valence-electron chi connectivity index (χ1n) is 6.51. The maximum absolute atomic E-state index is 6.39. The summed E-state index contributed by atoms with van der Waals surface area (Å²) in [6.45, 7) is 2.03. The van der Waals surface area contributed by atoms with Crippen LogP contribution in [0.4, 0.5) is 0 Å². The number of aryl methyl sites for hydroxylation is 1. The minimum absolute atomic E-state index is 0.168. The smallest absolute Gasteiger partial charge is 0.0705 e. The molecule has 0 saturated carbocycles. The van der Waals surface area contributed by atoms with Gasteiger partial charge in [-0.3, -0.25) is 4.98 Å². The van der Waals surface area contributed by atoms with E-state index in [1.807, 2.05) is 43.3 Å². The van der Waals surface area contributed by atoms with Crippen LogP contribution < -0.4 is 5.73 Å². The van der Waals surface area contributed by atoms with Gasteiger partial charge in [0.15, 0.2) is 0 Å². The van der Waals surface area contributed by atoms with Crippen molar-refractivity contribution in [2.45, 2.75) is 13.0 Å². The van der Waals surface area contributed by atoms with Crippen molar-refractivity contribution in [3.05, 3.63) is 76.4 Å². The summed E-state index contributed by atoms with van der Waals surface area (Å²) < 4.78 is 0. The number of hydrogen-bond donors (Lipinski definition) is 1. The van der Waals surface area contributed by atoms with E-state index in [2.05, 4.69) is 17.1 Å². The third-order valence-electron chi connectivity index (χ3n) is 3.56. The van der Waals surface area contributed by atoms with Crippen molar-refractivity contribution in [2.24, 2.45) is 5.73 Å². The number of halogens is 1. The van der Waals surface area contributed by atoms with E-state index >= 15 is 0 Å². The molecule has 0 aliphatic rings. The van der Waals surface area contributed by atoms with Crippen LogP contribution in [0.1, 0.15) is 22.7 Å². The van der Waals surface area contributed by atoms with Gasteiger partial charge in [-0.25, -0.2) is 0 Å². The molecule has 0 fully saturated rings. The topological polar surface area (TPSA) is 38.9 Å². The number of fused-ring (bicyclic) bond motifs is 1. The number of aromatic nitrogens is 1. The van der Waals surface area contributed by atoms with Gasteiger partial charge in [-0.2, -0.15) is 0 Å². The Kier molecular flexibility index (Phi) is 3.43. The fourth-order valence-electron chi connectivity index (χ4n) is 2.44. The summed E-state index contributed by atoms with van der Waals surface area (Å²) in [5.41, 5.74) is 10.6. The molecule has 0 spiro atoms. The van der Waals surface area contributed by atoms with Gasteiger partial charge in [0.2, 0.25) is 0 Å². The van der Waals surface area contributed by atoms with E-state index in [4.69, 9.17) is 17.3 Å². The van der Waals surface area contributed by atoms with Crippen molar-refractivity contribution >= 4 is 22.5 Å². The Hall–Kier alpha value is -1.90. The van der Waals surface area contributed by atoms with Crippen molar-refractivity contribution in [3.8, 4) is 0 Å². The predicted molar refractivity (Wildman–Crippen MR) is 84.0 cm³/mol. The molecular weight excluding hydrogens is 268 g/mol. The second-order valence-corrected chi connectivity index (χ2v) is 5.37. The third kappa shape index (κ3) is 2.40. The number of hydrogen-bond acceptors (Lipinski definition) is 2. The minimum atomic E-state index is -0.168. The highest BCUT2D eigenvalue weighted by molar-refractivity contribution is 6.30. The molecule has 2 N–H and O–H groups in total. The van der Waals surface area contributed by atoms with Crippen molar-refractivity contribution in [3.63, 3.8) is 0 Å². The van der Waals surface area contributed by atoms with Crippen LogP contribution in [0.25, 0.3) is 10.9 Å². The van der Waals surface area contributed by atoms with Crippen molar-refractivity contribution in [1.82, 2.24) is 4.98 Å². The van der Waals surface area contributed by atoms with Crippen LogP contribution >= 0.6 is 11.6 Å². The monoisotopic (exact) mass is 282 g/mol. The number of benzene rings is 2. The van der Waals surface area contributed by atoms with E-state index in [0.29, 0.717) is 0 Å². The Bertz CT molecular complexity index is 768. The highest BCUT2D eigenvalue weighted by Crippen LogP contribution is 2.26. The molecule has 0 aliphatic heterocycles. The molecule has 2 aromatic carbocycles. The van der Waals surface area contributed by atoms with Gasteiger partial charge in [-0.15, -0.1) is 0 Å². The van der Waals surface area contributed by atoms with E-state index in [1.165, 1.54) is 0 Å². The number of nitrogens with two attached hydrogens (primary N) is 1. The molecule has 1 unspecified atom stereocenters. The lowest BCUT2D eigenvalue weighted by Crippen LogP contribution is -2.13. The molecule has 1 atom stereocenters. The average Bonchev–Trinajstić information content (AvgIpc) is 2.46. The zero-order valence-electron chi connectivity index (χ0n) is 11.2. The largest absolute Gasteiger partial charge is 0.320 e. The second kappa shape index (κ2) is 5.23. The van der Waals surface area contributed by atoms with Crippen LogP contribution in [0, 0.1) is 6.92 Å². The number of nitrogens with zero attached hydrogens (tertiary/aromatic N) is 1. The van der Waals surface area contributed by atoms with Gasteiger partial charge in [-0.1, -0.05) is 35.9 Å². The highest BCUT2D eigenvalue weighted by atomic mass is 35.5. The molecule has 0 amide bonds. The van der Waals surface area contributed by atoms with E-state index < -0.39 is 0 Å². The SMILES string of the molecule is Cc1cc(Cl)ccc1C(N)c1ccc2cccnc2c1. The highest BCUT2D eigenvalue weighted by Gasteiger charge is 2.12. The Balaban J connectivity index is 2.05. The van der Waals surface area contributed by atoms with Gasteiger partial charge in [0, 0.05) is 16.6 Å². The maximum Gasteiger partial charge on any atom is 0.0705 e. The number of pyridine rings is 1. The molecule has 1 aromatic heterocycles.